The molecular weight excluding hydrogens is 346 g/mol. The fourth-order valence-corrected chi connectivity index (χ4v) is 2.43. The first-order valence-corrected chi connectivity index (χ1v) is 8.10. The van der Waals surface area contributed by atoms with Gasteiger partial charge in [-0.1, -0.05) is 34.1 Å². The van der Waals surface area contributed by atoms with E-state index >= 15 is 0 Å². The molecule has 0 aliphatic carbocycles. The number of carbonyl (C=O) groups excluding carboxylic acids is 1. The Morgan fingerprint density at radius 2 is 2.14 bits per heavy atom. The van der Waals surface area contributed by atoms with Crippen molar-refractivity contribution >= 4 is 21.8 Å². The number of nitrogens with one attached hydrogen (secondary N) is 2. The zero-order valence-corrected chi connectivity index (χ0v) is 14.4. The number of benzene rings is 1. The van der Waals surface area contributed by atoms with Gasteiger partial charge >= 0.3 is 0 Å². The third kappa shape index (κ3) is 4.14. The molecule has 0 aliphatic heterocycles. The minimum Gasteiger partial charge on any atom is -0.349 e. The fraction of sp³-hybridized carbons (Fsp3) is 0.400. The smallest absolute Gasteiger partial charge is 0.273 e. The van der Waals surface area contributed by atoms with Crippen LogP contribution in [0, 0.1) is 6.92 Å². The normalized spacial score (nSPS) is 10.7. The highest BCUT2D eigenvalue weighted by Crippen LogP contribution is 2.17. The molecule has 1 aromatic carbocycles. The van der Waals surface area contributed by atoms with Crippen LogP contribution in [0.3, 0.4) is 0 Å². The van der Waals surface area contributed by atoms with Gasteiger partial charge in [-0.25, -0.2) is 4.68 Å². The number of amides is 1. The summed E-state index contributed by atoms with van der Waals surface area (Å²) in [5.74, 6) is -0.197. The lowest BCUT2D eigenvalue weighted by atomic mass is 10.3. The second-order valence-corrected chi connectivity index (χ2v) is 5.84. The number of hydrogen-bond donors (Lipinski definition) is 2. The minimum absolute atomic E-state index is 0.197. The lowest BCUT2D eigenvalue weighted by molar-refractivity contribution is 0.0948. The maximum atomic E-state index is 12.1. The molecule has 0 saturated heterocycles. The Balaban J connectivity index is 2.03. The first-order valence-electron chi connectivity index (χ1n) is 7.30. The Bertz CT molecular complexity index is 641. The van der Waals surface area contributed by atoms with Crippen molar-refractivity contribution in [1.82, 2.24) is 25.6 Å². The van der Waals surface area contributed by atoms with E-state index in [-0.39, 0.29) is 5.91 Å². The first-order chi connectivity index (χ1) is 10.6. The summed E-state index contributed by atoms with van der Waals surface area (Å²) in [6, 6.07) is 7.70. The van der Waals surface area contributed by atoms with Crippen molar-refractivity contribution in [1.29, 1.82) is 0 Å². The van der Waals surface area contributed by atoms with E-state index in [0.29, 0.717) is 12.2 Å². The number of hydrogen-bond acceptors (Lipinski definition) is 4. The summed E-state index contributed by atoms with van der Waals surface area (Å²) in [7, 11) is 0. The van der Waals surface area contributed by atoms with Gasteiger partial charge in [0, 0.05) is 17.6 Å². The zero-order valence-electron chi connectivity index (χ0n) is 12.8. The molecule has 2 aromatic rings. The van der Waals surface area contributed by atoms with Crippen LogP contribution in [0.4, 0.5) is 0 Å². The maximum Gasteiger partial charge on any atom is 0.273 e. The minimum atomic E-state index is -0.197. The number of nitrogens with zero attached hydrogens (tertiary/aromatic N) is 3. The predicted molar refractivity (Wildman–Crippen MR) is 89.3 cm³/mol. The summed E-state index contributed by atoms with van der Waals surface area (Å²) in [5, 5.41) is 14.2. The van der Waals surface area contributed by atoms with Crippen molar-refractivity contribution < 1.29 is 4.79 Å². The monoisotopic (exact) mass is 365 g/mol. The largest absolute Gasteiger partial charge is 0.349 e. The molecule has 6 nitrogen and oxygen atoms in total. The second-order valence-electron chi connectivity index (χ2n) is 4.92. The summed E-state index contributed by atoms with van der Waals surface area (Å²) < 4.78 is 2.61. The number of halogens is 1. The highest BCUT2D eigenvalue weighted by Gasteiger charge is 2.16. The molecule has 0 fully saturated rings. The lowest BCUT2D eigenvalue weighted by Crippen LogP contribution is -2.32. The standard InChI is InChI=1S/C15H20BrN5O/c1-3-7-17-8-9-18-15(22)14-11(2)21(20-19-14)13-6-4-5-12(16)10-13/h4-6,10,17H,3,7-9H2,1-2H3,(H,18,22). The van der Waals surface area contributed by atoms with Crippen LogP contribution in [0.1, 0.15) is 29.5 Å². The van der Waals surface area contributed by atoms with Crippen LogP contribution in [-0.4, -0.2) is 40.5 Å². The molecule has 0 saturated carbocycles. The molecule has 1 heterocycles. The predicted octanol–water partition coefficient (Wildman–Crippen LogP) is 2.07. The van der Waals surface area contributed by atoms with Gasteiger partial charge in [0.05, 0.1) is 11.4 Å². The molecule has 0 aliphatic rings. The topological polar surface area (TPSA) is 71.8 Å². The van der Waals surface area contributed by atoms with Crippen LogP contribution in [0.5, 0.6) is 0 Å². The van der Waals surface area contributed by atoms with Crippen LogP contribution in [-0.2, 0) is 0 Å². The Kier molecular flexibility index (Phi) is 6.09. The fourth-order valence-electron chi connectivity index (χ4n) is 2.04. The van der Waals surface area contributed by atoms with Crippen molar-refractivity contribution in [2.24, 2.45) is 0 Å². The zero-order chi connectivity index (χ0) is 15.9. The maximum absolute atomic E-state index is 12.1. The van der Waals surface area contributed by atoms with Gasteiger partial charge in [-0.05, 0) is 38.1 Å². The number of carbonyl (C=O) groups is 1. The summed E-state index contributed by atoms with van der Waals surface area (Å²) in [6.45, 7) is 6.22. The third-order valence-corrected chi connectivity index (χ3v) is 3.67. The molecule has 118 valence electrons. The average Bonchev–Trinajstić information content (AvgIpc) is 2.88. The molecule has 0 bridgehead atoms. The number of rotatable bonds is 7. The van der Waals surface area contributed by atoms with Gasteiger partial charge < -0.3 is 10.6 Å². The van der Waals surface area contributed by atoms with E-state index < -0.39 is 0 Å². The molecule has 22 heavy (non-hydrogen) atoms. The SMILES string of the molecule is CCCNCCNC(=O)c1nnn(-c2cccc(Br)c2)c1C. The second kappa shape index (κ2) is 8.05. The summed E-state index contributed by atoms with van der Waals surface area (Å²) in [6.07, 6.45) is 1.08. The van der Waals surface area contributed by atoms with Gasteiger partial charge in [0.25, 0.3) is 5.91 Å². The van der Waals surface area contributed by atoms with Crippen molar-refractivity contribution in [2.75, 3.05) is 19.6 Å². The molecule has 0 spiro atoms. The lowest BCUT2D eigenvalue weighted by Gasteiger charge is -2.06. The van der Waals surface area contributed by atoms with Crippen LogP contribution in [0.15, 0.2) is 28.7 Å². The Labute approximate surface area is 138 Å². The van der Waals surface area contributed by atoms with E-state index in [4.69, 9.17) is 0 Å². The van der Waals surface area contributed by atoms with Crippen molar-refractivity contribution in [2.45, 2.75) is 20.3 Å². The van der Waals surface area contributed by atoms with Crippen molar-refractivity contribution in [3.63, 3.8) is 0 Å². The molecule has 1 amide bonds. The highest BCUT2D eigenvalue weighted by atomic mass is 79.9. The van der Waals surface area contributed by atoms with Crippen LogP contribution in [0.2, 0.25) is 0 Å². The van der Waals surface area contributed by atoms with Crippen molar-refractivity contribution in [3.8, 4) is 5.69 Å². The molecule has 2 rings (SSSR count). The van der Waals surface area contributed by atoms with Gasteiger partial charge in [-0.2, -0.15) is 0 Å². The summed E-state index contributed by atoms with van der Waals surface area (Å²) >= 11 is 3.43. The number of aromatic nitrogens is 3. The van der Waals surface area contributed by atoms with Crippen LogP contribution >= 0.6 is 15.9 Å². The molecular formula is C15H20BrN5O. The van der Waals surface area contributed by atoms with Gasteiger partial charge in [-0.15, -0.1) is 5.10 Å². The van der Waals surface area contributed by atoms with Crippen LogP contribution < -0.4 is 10.6 Å². The molecule has 0 atom stereocenters. The van der Waals surface area contributed by atoms with Gasteiger partial charge in [0.15, 0.2) is 5.69 Å². The molecule has 2 N–H and O–H groups in total. The van der Waals surface area contributed by atoms with E-state index in [1.807, 2.05) is 31.2 Å². The first kappa shape index (κ1) is 16.6. The van der Waals surface area contributed by atoms with Crippen LogP contribution in [0.25, 0.3) is 5.69 Å². The third-order valence-electron chi connectivity index (χ3n) is 3.18. The molecule has 0 unspecified atom stereocenters. The summed E-state index contributed by atoms with van der Waals surface area (Å²) in [4.78, 5) is 12.1. The van der Waals surface area contributed by atoms with Crippen molar-refractivity contribution in [3.05, 3.63) is 40.1 Å². The Morgan fingerprint density at radius 1 is 1.32 bits per heavy atom. The van der Waals surface area contributed by atoms with Gasteiger partial charge in [0.1, 0.15) is 0 Å². The molecule has 1 aromatic heterocycles. The molecule has 0 radical (unpaired) electrons. The Morgan fingerprint density at radius 3 is 2.86 bits per heavy atom. The highest BCUT2D eigenvalue weighted by molar-refractivity contribution is 9.10. The van der Waals surface area contributed by atoms with Gasteiger partial charge in [-0.3, -0.25) is 4.79 Å². The van der Waals surface area contributed by atoms with E-state index in [0.717, 1.165) is 35.4 Å². The van der Waals surface area contributed by atoms with E-state index in [2.05, 4.69) is 43.8 Å². The van der Waals surface area contributed by atoms with E-state index in [1.165, 1.54) is 0 Å². The Hall–Kier alpha value is -1.73. The molecule has 7 heteroatoms. The quantitative estimate of drug-likeness (QED) is 0.736. The van der Waals surface area contributed by atoms with E-state index in [9.17, 15) is 4.79 Å². The average molecular weight is 366 g/mol. The van der Waals surface area contributed by atoms with E-state index in [1.54, 1.807) is 4.68 Å². The van der Waals surface area contributed by atoms with Gasteiger partial charge in [0.2, 0.25) is 0 Å². The summed E-state index contributed by atoms with van der Waals surface area (Å²) in [5.41, 5.74) is 1.94.